The Bertz CT molecular complexity index is 419. The maximum absolute atomic E-state index is 11.7. The summed E-state index contributed by atoms with van der Waals surface area (Å²) in [5, 5.41) is 5.69. The van der Waals surface area contributed by atoms with Crippen LogP contribution in [0.2, 0.25) is 0 Å². The van der Waals surface area contributed by atoms with E-state index in [0.717, 1.165) is 37.1 Å². The predicted octanol–water partition coefficient (Wildman–Crippen LogP) is 3.63. The van der Waals surface area contributed by atoms with Gasteiger partial charge in [-0.05, 0) is 38.3 Å². The molecule has 2 amide bonds. The minimum absolute atomic E-state index is 0.162. The molecule has 1 aromatic rings. The molecule has 0 aliphatic rings. The Kier molecular flexibility index (Phi) is 7.73. The van der Waals surface area contributed by atoms with E-state index in [-0.39, 0.29) is 6.03 Å². The highest BCUT2D eigenvalue weighted by Gasteiger charge is 2.03. The van der Waals surface area contributed by atoms with Crippen molar-refractivity contribution in [2.24, 2.45) is 0 Å². The number of urea groups is 1. The van der Waals surface area contributed by atoms with E-state index in [2.05, 4.69) is 23.6 Å². The van der Waals surface area contributed by atoms with Crippen LogP contribution in [0.1, 0.15) is 37.3 Å². The molecular formula is C16H26N2O2. The standard InChI is InChI=1S/C16H26N2O2/c1-4-5-10-20-11-6-9-17-16(19)18-15-8-7-13(2)12-14(15)3/h7-8,12H,4-6,9-11H2,1-3H3,(H2,17,18,19). The minimum Gasteiger partial charge on any atom is -0.381 e. The van der Waals surface area contributed by atoms with E-state index >= 15 is 0 Å². The third-order valence-corrected chi connectivity index (χ3v) is 3.02. The van der Waals surface area contributed by atoms with Crippen LogP contribution in [0.3, 0.4) is 0 Å². The number of ether oxygens (including phenoxy) is 1. The number of hydrogen-bond donors (Lipinski definition) is 2. The van der Waals surface area contributed by atoms with Crippen molar-refractivity contribution in [2.45, 2.75) is 40.0 Å². The van der Waals surface area contributed by atoms with Crippen molar-refractivity contribution in [3.8, 4) is 0 Å². The Hall–Kier alpha value is -1.55. The second-order valence-corrected chi connectivity index (χ2v) is 5.02. The predicted molar refractivity (Wildman–Crippen MR) is 83.3 cm³/mol. The molecule has 0 radical (unpaired) electrons. The van der Waals surface area contributed by atoms with Gasteiger partial charge in [-0.25, -0.2) is 4.79 Å². The van der Waals surface area contributed by atoms with Crippen LogP contribution in [0.4, 0.5) is 10.5 Å². The van der Waals surface area contributed by atoms with Crippen molar-refractivity contribution in [1.82, 2.24) is 5.32 Å². The summed E-state index contributed by atoms with van der Waals surface area (Å²) in [6, 6.07) is 5.81. The van der Waals surface area contributed by atoms with Crippen LogP contribution in [0.25, 0.3) is 0 Å². The fourth-order valence-electron chi connectivity index (χ4n) is 1.84. The molecular weight excluding hydrogens is 252 g/mol. The first kappa shape index (κ1) is 16.5. The van der Waals surface area contributed by atoms with Gasteiger partial charge < -0.3 is 15.4 Å². The quantitative estimate of drug-likeness (QED) is 0.713. The highest BCUT2D eigenvalue weighted by molar-refractivity contribution is 5.90. The number of unbranched alkanes of at least 4 members (excludes halogenated alkanes) is 1. The number of anilines is 1. The normalized spacial score (nSPS) is 10.3. The molecule has 0 saturated carbocycles. The maximum atomic E-state index is 11.7. The molecule has 112 valence electrons. The molecule has 0 unspecified atom stereocenters. The molecule has 0 aliphatic carbocycles. The van der Waals surface area contributed by atoms with Crippen molar-refractivity contribution in [1.29, 1.82) is 0 Å². The second-order valence-electron chi connectivity index (χ2n) is 5.02. The number of aryl methyl sites for hydroxylation is 2. The van der Waals surface area contributed by atoms with E-state index in [0.29, 0.717) is 13.2 Å². The van der Waals surface area contributed by atoms with E-state index < -0.39 is 0 Å². The van der Waals surface area contributed by atoms with E-state index in [9.17, 15) is 4.79 Å². The van der Waals surface area contributed by atoms with Gasteiger partial charge in [0.25, 0.3) is 0 Å². The molecule has 20 heavy (non-hydrogen) atoms. The number of carbonyl (C=O) groups excluding carboxylic acids is 1. The van der Waals surface area contributed by atoms with Crippen molar-refractivity contribution >= 4 is 11.7 Å². The van der Waals surface area contributed by atoms with Crippen molar-refractivity contribution in [3.05, 3.63) is 29.3 Å². The number of hydrogen-bond acceptors (Lipinski definition) is 2. The monoisotopic (exact) mass is 278 g/mol. The minimum atomic E-state index is -0.162. The lowest BCUT2D eigenvalue weighted by Crippen LogP contribution is -2.30. The van der Waals surface area contributed by atoms with Gasteiger partial charge in [-0.3, -0.25) is 0 Å². The van der Waals surface area contributed by atoms with Crippen LogP contribution in [0, 0.1) is 13.8 Å². The molecule has 1 aromatic carbocycles. The lowest BCUT2D eigenvalue weighted by molar-refractivity contribution is 0.129. The van der Waals surface area contributed by atoms with Crippen LogP contribution in [-0.2, 0) is 4.74 Å². The molecule has 2 N–H and O–H groups in total. The average molecular weight is 278 g/mol. The highest BCUT2D eigenvalue weighted by Crippen LogP contribution is 2.15. The van der Waals surface area contributed by atoms with Gasteiger partial charge in [0.2, 0.25) is 0 Å². The van der Waals surface area contributed by atoms with Crippen LogP contribution >= 0.6 is 0 Å². The Balaban J connectivity index is 2.17. The molecule has 4 nitrogen and oxygen atoms in total. The molecule has 0 fully saturated rings. The fourth-order valence-corrected chi connectivity index (χ4v) is 1.84. The van der Waals surface area contributed by atoms with Gasteiger partial charge in [-0.1, -0.05) is 31.0 Å². The van der Waals surface area contributed by atoms with Crippen molar-refractivity contribution < 1.29 is 9.53 Å². The summed E-state index contributed by atoms with van der Waals surface area (Å²) in [6.45, 7) is 8.31. The zero-order valence-corrected chi connectivity index (χ0v) is 12.8. The zero-order chi connectivity index (χ0) is 14.8. The molecule has 4 heteroatoms. The summed E-state index contributed by atoms with van der Waals surface area (Å²) in [5.74, 6) is 0. The van der Waals surface area contributed by atoms with Crippen LogP contribution < -0.4 is 10.6 Å². The summed E-state index contributed by atoms with van der Waals surface area (Å²) in [6.07, 6.45) is 3.08. The van der Waals surface area contributed by atoms with Gasteiger partial charge >= 0.3 is 6.03 Å². The summed E-state index contributed by atoms with van der Waals surface area (Å²) in [4.78, 5) is 11.7. The summed E-state index contributed by atoms with van der Waals surface area (Å²) in [7, 11) is 0. The topological polar surface area (TPSA) is 50.4 Å². The molecule has 0 aromatic heterocycles. The lowest BCUT2D eigenvalue weighted by Gasteiger charge is -2.10. The van der Waals surface area contributed by atoms with Gasteiger partial charge in [-0.15, -0.1) is 0 Å². The van der Waals surface area contributed by atoms with Gasteiger partial charge in [0.05, 0.1) is 0 Å². The van der Waals surface area contributed by atoms with Crippen LogP contribution in [-0.4, -0.2) is 25.8 Å². The Labute approximate surface area is 121 Å². The number of benzene rings is 1. The summed E-state index contributed by atoms with van der Waals surface area (Å²) >= 11 is 0. The number of carbonyl (C=O) groups is 1. The van der Waals surface area contributed by atoms with Gasteiger partial charge in [0.15, 0.2) is 0 Å². The number of rotatable bonds is 8. The van der Waals surface area contributed by atoms with E-state index in [1.54, 1.807) is 0 Å². The van der Waals surface area contributed by atoms with Gasteiger partial charge in [0.1, 0.15) is 0 Å². The smallest absolute Gasteiger partial charge is 0.319 e. The number of amides is 2. The Morgan fingerprint density at radius 2 is 1.95 bits per heavy atom. The van der Waals surface area contributed by atoms with E-state index in [4.69, 9.17) is 4.74 Å². The summed E-state index contributed by atoms with van der Waals surface area (Å²) in [5.41, 5.74) is 3.12. The van der Waals surface area contributed by atoms with E-state index in [1.165, 1.54) is 5.56 Å². The second kappa shape index (κ2) is 9.37. The van der Waals surface area contributed by atoms with E-state index in [1.807, 2.05) is 26.0 Å². The number of nitrogens with one attached hydrogen (secondary N) is 2. The first-order valence-electron chi connectivity index (χ1n) is 7.33. The molecule has 0 heterocycles. The van der Waals surface area contributed by atoms with Gasteiger partial charge in [-0.2, -0.15) is 0 Å². The Morgan fingerprint density at radius 3 is 2.65 bits per heavy atom. The third kappa shape index (κ3) is 6.57. The highest BCUT2D eigenvalue weighted by atomic mass is 16.5. The Morgan fingerprint density at radius 1 is 1.20 bits per heavy atom. The molecule has 0 atom stereocenters. The fraction of sp³-hybridized carbons (Fsp3) is 0.562. The zero-order valence-electron chi connectivity index (χ0n) is 12.8. The third-order valence-electron chi connectivity index (χ3n) is 3.02. The SMILES string of the molecule is CCCCOCCCNC(=O)Nc1ccc(C)cc1C. The molecule has 0 saturated heterocycles. The largest absolute Gasteiger partial charge is 0.381 e. The van der Waals surface area contributed by atoms with Crippen LogP contribution in [0.15, 0.2) is 18.2 Å². The molecule has 0 spiro atoms. The first-order chi connectivity index (χ1) is 9.63. The molecule has 0 bridgehead atoms. The van der Waals surface area contributed by atoms with Gasteiger partial charge in [0, 0.05) is 25.4 Å². The maximum Gasteiger partial charge on any atom is 0.319 e. The average Bonchev–Trinajstić information content (AvgIpc) is 2.41. The molecule has 0 aliphatic heterocycles. The molecule has 1 rings (SSSR count). The summed E-state index contributed by atoms with van der Waals surface area (Å²) < 4.78 is 5.43. The van der Waals surface area contributed by atoms with Crippen LogP contribution in [0.5, 0.6) is 0 Å². The lowest BCUT2D eigenvalue weighted by atomic mass is 10.1. The van der Waals surface area contributed by atoms with Crippen molar-refractivity contribution in [2.75, 3.05) is 25.1 Å². The van der Waals surface area contributed by atoms with Crippen molar-refractivity contribution in [3.63, 3.8) is 0 Å². The first-order valence-corrected chi connectivity index (χ1v) is 7.33.